The zero-order chi connectivity index (χ0) is 13.5. The van der Waals surface area contributed by atoms with Crippen LogP contribution in [0.4, 0.5) is 4.39 Å². The molecule has 3 nitrogen and oxygen atoms in total. The summed E-state index contributed by atoms with van der Waals surface area (Å²) in [4.78, 5) is 0. The summed E-state index contributed by atoms with van der Waals surface area (Å²) in [7, 11) is 3.49. The van der Waals surface area contributed by atoms with Gasteiger partial charge in [-0.05, 0) is 38.6 Å². The molecule has 4 heteroatoms. The summed E-state index contributed by atoms with van der Waals surface area (Å²) in [6.45, 7) is 4.50. The van der Waals surface area contributed by atoms with Gasteiger partial charge in [0.25, 0.3) is 0 Å². The standard InChI is InChI=1S/C14H22FNO2/c1-10(7-8-17-4)18-14-6-5-12(9-13(14)15)11(2)16-3/h5-6,9-11,16H,7-8H2,1-4H3. The lowest BCUT2D eigenvalue weighted by Crippen LogP contribution is -2.16. The number of rotatable bonds is 7. The molecule has 0 aliphatic carbocycles. The van der Waals surface area contributed by atoms with Gasteiger partial charge in [0.05, 0.1) is 6.10 Å². The minimum absolute atomic E-state index is 0.0629. The Labute approximate surface area is 108 Å². The second-order valence-corrected chi connectivity index (χ2v) is 4.41. The highest BCUT2D eigenvalue weighted by Crippen LogP contribution is 2.23. The number of nitrogens with one attached hydrogen (secondary N) is 1. The lowest BCUT2D eigenvalue weighted by molar-refractivity contribution is 0.132. The maximum atomic E-state index is 13.8. The van der Waals surface area contributed by atoms with Crippen LogP contribution < -0.4 is 10.1 Å². The molecule has 0 spiro atoms. The molecule has 2 unspecified atom stereocenters. The van der Waals surface area contributed by atoms with Gasteiger partial charge in [-0.2, -0.15) is 0 Å². The minimum atomic E-state index is -0.320. The number of methoxy groups -OCH3 is 1. The van der Waals surface area contributed by atoms with E-state index in [1.165, 1.54) is 6.07 Å². The number of halogens is 1. The summed E-state index contributed by atoms with van der Waals surface area (Å²) in [6, 6.07) is 5.20. The third kappa shape index (κ3) is 4.27. The average Bonchev–Trinajstić information content (AvgIpc) is 2.37. The van der Waals surface area contributed by atoms with Crippen LogP contribution in [0, 0.1) is 5.82 Å². The van der Waals surface area contributed by atoms with Gasteiger partial charge in [-0.15, -0.1) is 0 Å². The van der Waals surface area contributed by atoms with E-state index < -0.39 is 0 Å². The summed E-state index contributed by atoms with van der Waals surface area (Å²) >= 11 is 0. The van der Waals surface area contributed by atoms with E-state index in [0.717, 1.165) is 12.0 Å². The number of hydrogen-bond donors (Lipinski definition) is 1. The Morgan fingerprint density at radius 1 is 1.33 bits per heavy atom. The fraction of sp³-hybridized carbons (Fsp3) is 0.571. The summed E-state index contributed by atoms with van der Waals surface area (Å²) in [5.74, 6) is -0.0236. The summed E-state index contributed by atoms with van der Waals surface area (Å²) in [5.41, 5.74) is 0.909. The summed E-state index contributed by atoms with van der Waals surface area (Å²) in [6.07, 6.45) is 0.678. The van der Waals surface area contributed by atoms with Crippen LogP contribution in [0.15, 0.2) is 18.2 Å². The Kier molecular flexibility index (Phi) is 6.09. The largest absolute Gasteiger partial charge is 0.488 e. The van der Waals surface area contributed by atoms with Crippen molar-refractivity contribution in [2.24, 2.45) is 0 Å². The zero-order valence-corrected chi connectivity index (χ0v) is 11.5. The number of benzene rings is 1. The molecule has 0 fully saturated rings. The molecule has 102 valence electrons. The number of hydrogen-bond acceptors (Lipinski definition) is 3. The first-order chi connectivity index (χ1) is 8.58. The molecule has 0 aromatic heterocycles. The maximum absolute atomic E-state index is 13.8. The SMILES string of the molecule is CNC(C)c1ccc(OC(C)CCOC)c(F)c1. The van der Waals surface area contributed by atoms with E-state index in [1.807, 2.05) is 27.0 Å². The van der Waals surface area contributed by atoms with Crippen LogP contribution in [0.25, 0.3) is 0 Å². The van der Waals surface area contributed by atoms with Crippen molar-refractivity contribution in [1.82, 2.24) is 5.32 Å². The average molecular weight is 255 g/mol. The molecule has 0 aliphatic heterocycles. The molecular weight excluding hydrogens is 233 g/mol. The van der Waals surface area contributed by atoms with Crippen LogP contribution in [0.3, 0.4) is 0 Å². The first-order valence-corrected chi connectivity index (χ1v) is 6.20. The molecule has 0 saturated heterocycles. The highest BCUT2D eigenvalue weighted by molar-refractivity contribution is 5.31. The van der Waals surface area contributed by atoms with Crippen molar-refractivity contribution in [3.63, 3.8) is 0 Å². The molecule has 18 heavy (non-hydrogen) atoms. The Morgan fingerprint density at radius 2 is 2.06 bits per heavy atom. The van der Waals surface area contributed by atoms with Gasteiger partial charge < -0.3 is 14.8 Å². The fourth-order valence-corrected chi connectivity index (χ4v) is 1.61. The fourth-order valence-electron chi connectivity index (χ4n) is 1.61. The third-order valence-electron chi connectivity index (χ3n) is 2.95. The van der Waals surface area contributed by atoms with Gasteiger partial charge in [0.15, 0.2) is 11.6 Å². The molecule has 1 N–H and O–H groups in total. The Balaban J connectivity index is 2.67. The topological polar surface area (TPSA) is 30.5 Å². The maximum Gasteiger partial charge on any atom is 0.165 e. The Morgan fingerprint density at radius 3 is 2.61 bits per heavy atom. The van der Waals surface area contributed by atoms with Crippen molar-refractivity contribution in [2.75, 3.05) is 20.8 Å². The van der Waals surface area contributed by atoms with E-state index in [4.69, 9.17) is 9.47 Å². The van der Waals surface area contributed by atoms with Crippen LogP contribution in [-0.4, -0.2) is 26.9 Å². The van der Waals surface area contributed by atoms with E-state index in [0.29, 0.717) is 12.4 Å². The van der Waals surface area contributed by atoms with Crippen LogP contribution in [0.1, 0.15) is 31.9 Å². The summed E-state index contributed by atoms with van der Waals surface area (Å²) < 4.78 is 24.3. The van der Waals surface area contributed by atoms with Crippen molar-refractivity contribution < 1.29 is 13.9 Å². The van der Waals surface area contributed by atoms with Crippen molar-refractivity contribution in [3.05, 3.63) is 29.6 Å². The second kappa shape index (κ2) is 7.34. The van der Waals surface area contributed by atoms with Crippen LogP contribution in [-0.2, 0) is 4.74 Å². The van der Waals surface area contributed by atoms with E-state index in [9.17, 15) is 4.39 Å². The molecule has 0 saturated carbocycles. The molecular formula is C14H22FNO2. The van der Waals surface area contributed by atoms with Crippen molar-refractivity contribution in [3.8, 4) is 5.75 Å². The zero-order valence-electron chi connectivity index (χ0n) is 11.5. The van der Waals surface area contributed by atoms with Gasteiger partial charge in [-0.1, -0.05) is 6.07 Å². The first-order valence-electron chi connectivity index (χ1n) is 6.20. The van der Waals surface area contributed by atoms with E-state index >= 15 is 0 Å². The van der Waals surface area contributed by atoms with E-state index in [1.54, 1.807) is 13.2 Å². The lowest BCUT2D eigenvalue weighted by Gasteiger charge is -2.16. The predicted octanol–water partition coefficient (Wildman–Crippen LogP) is 2.91. The van der Waals surface area contributed by atoms with E-state index in [2.05, 4.69) is 5.32 Å². The van der Waals surface area contributed by atoms with Crippen molar-refractivity contribution in [2.45, 2.75) is 32.4 Å². The molecule has 1 rings (SSSR count). The van der Waals surface area contributed by atoms with Gasteiger partial charge in [-0.25, -0.2) is 4.39 Å². The molecule has 0 heterocycles. The highest BCUT2D eigenvalue weighted by atomic mass is 19.1. The lowest BCUT2D eigenvalue weighted by atomic mass is 10.1. The quantitative estimate of drug-likeness (QED) is 0.812. The molecule has 1 aromatic rings. The van der Waals surface area contributed by atoms with E-state index in [-0.39, 0.29) is 18.0 Å². The highest BCUT2D eigenvalue weighted by Gasteiger charge is 2.11. The number of ether oxygens (including phenoxy) is 2. The van der Waals surface area contributed by atoms with Crippen molar-refractivity contribution in [1.29, 1.82) is 0 Å². The Bertz CT molecular complexity index is 371. The molecule has 2 atom stereocenters. The van der Waals surface area contributed by atoms with Crippen LogP contribution >= 0.6 is 0 Å². The first kappa shape index (κ1) is 14.9. The molecule has 0 bridgehead atoms. The minimum Gasteiger partial charge on any atom is -0.488 e. The second-order valence-electron chi connectivity index (χ2n) is 4.41. The normalized spacial score (nSPS) is 14.3. The molecule has 0 aliphatic rings. The van der Waals surface area contributed by atoms with Crippen LogP contribution in [0.5, 0.6) is 5.75 Å². The monoisotopic (exact) mass is 255 g/mol. The summed E-state index contributed by atoms with van der Waals surface area (Å²) in [5, 5.41) is 3.07. The van der Waals surface area contributed by atoms with Crippen molar-refractivity contribution >= 4 is 0 Å². The smallest absolute Gasteiger partial charge is 0.165 e. The van der Waals surface area contributed by atoms with Gasteiger partial charge in [0.1, 0.15) is 0 Å². The van der Waals surface area contributed by atoms with Gasteiger partial charge >= 0.3 is 0 Å². The molecule has 0 radical (unpaired) electrons. The molecule has 1 aromatic carbocycles. The van der Waals surface area contributed by atoms with Gasteiger partial charge in [0, 0.05) is 26.2 Å². The Hall–Kier alpha value is -1.13. The van der Waals surface area contributed by atoms with Gasteiger partial charge in [-0.3, -0.25) is 0 Å². The third-order valence-corrected chi connectivity index (χ3v) is 2.95. The predicted molar refractivity (Wildman–Crippen MR) is 70.5 cm³/mol. The van der Waals surface area contributed by atoms with Crippen LogP contribution in [0.2, 0.25) is 0 Å². The molecule has 0 amide bonds. The van der Waals surface area contributed by atoms with Gasteiger partial charge in [0.2, 0.25) is 0 Å².